The van der Waals surface area contributed by atoms with Gasteiger partial charge in [-0.15, -0.1) is 0 Å². The summed E-state index contributed by atoms with van der Waals surface area (Å²) < 4.78 is 2.05. The largest absolute Gasteiger partial charge is 0.382 e. The van der Waals surface area contributed by atoms with E-state index in [0.29, 0.717) is 34.3 Å². The molecule has 31 heavy (non-hydrogen) atoms. The molecule has 0 spiro atoms. The molecule has 0 unspecified atom stereocenters. The van der Waals surface area contributed by atoms with Gasteiger partial charge in [-0.25, -0.2) is 9.98 Å². The fraction of sp³-hybridized carbons (Fsp3) is 0.435. The third-order valence-corrected chi connectivity index (χ3v) is 5.91. The maximum atomic E-state index is 6.37. The van der Waals surface area contributed by atoms with E-state index in [-0.39, 0.29) is 0 Å². The number of nitrogens with two attached hydrogens (primary N) is 1. The molecule has 8 heteroatoms. The zero-order valence-electron chi connectivity index (χ0n) is 18.3. The highest BCUT2D eigenvalue weighted by Crippen LogP contribution is 2.34. The van der Waals surface area contributed by atoms with Gasteiger partial charge in [-0.05, 0) is 50.7 Å². The van der Waals surface area contributed by atoms with Crippen LogP contribution in [0.15, 0.2) is 38.2 Å². The molecule has 164 valence electrons. The molecular formula is C23H29ClN6S. The second-order valence-electron chi connectivity index (χ2n) is 7.77. The Morgan fingerprint density at radius 1 is 1.42 bits per heavy atom. The van der Waals surface area contributed by atoms with Crippen LogP contribution < -0.4 is 11.1 Å². The number of aromatic nitrogens is 2. The van der Waals surface area contributed by atoms with Crippen molar-refractivity contribution >= 4 is 41.7 Å². The number of imidazole rings is 1. The summed E-state index contributed by atoms with van der Waals surface area (Å²) in [6.45, 7) is 9.62. The van der Waals surface area contributed by atoms with Gasteiger partial charge >= 0.3 is 0 Å². The highest BCUT2D eigenvalue weighted by Gasteiger charge is 2.20. The Morgan fingerprint density at radius 2 is 2.19 bits per heavy atom. The van der Waals surface area contributed by atoms with Crippen molar-refractivity contribution in [3.05, 3.63) is 34.5 Å². The van der Waals surface area contributed by atoms with Crippen molar-refractivity contribution in [1.29, 1.82) is 0 Å². The summed E-state index contributed by atoms with van der Waals surface area (Å²) in [7, 11) is 1.64. The summed E-state index contributed by atoms with van der Waals surface area (Å²) in [6, 6.07) is 6.30. The zero-order valence-corrected chi connectivity index (χ0v) is 19.9. The van der Waals surface area contributed by atoms with Crippen molar-refractivity contribution in [2.24, 2.45) is 21.6 Å². The maximum Gasteiger partial charge on any atom is 0.175 e. The number of nitrogens with zero attached hydrogens (tertiary/aromatic N) is 4. The second kappa shape index (κ2) is 10.9. The Bertz CT molecular complexity index is 1030. The van der Waals surface area contributed by atoms with Gasteiger partial charge in [0.2, 0.25) is 0 Å². The minimum Gasteiger partial charge on any atom is -0.382 e. The molecule has 1 aliphatic rings. The Kier molecular flexibility index (Phi) is 8.19. The van der Waals surface area contributed by atoms with Gasteiger partial charge in [0.25, 0.3) is 0 Å². The van der Waals surface area contributed by atoms with Crippen LogP contribution in [0.1, 0.15) is 44.4 Å². The van der Waals surface area contributed by atoms with Crippen LogP contribution in [0, 0.1) is 17.8 Å². The van der Waals surface area contributed by atoms with E-state index in [4.69, 9.17) is 22.3 Å². The molecule has 1 aromatic carbocycles. The van der Waals surface area contributed by atoms with Gasteiger partial charge in [0.15, 0.2) is 16.7 Å². The highest BCUT2D eigenvalue weighted by atomic mass is 35.5. The van der Waals surface area contributed by atoms with Gasteiger partial charge in [0, 0.05) is 41.0 Å². The van der Waals surface area contributed by atoms with E-state index in [9.17, 15) is 0 Å². The molecule has 1 saturated carbocycles. The van der Waals surface area contributed by atoms with Crippen molar-refractivity contribution in [3.8, 4) is 11.8 Å². The summed E-state index contributed by atoms with van der Waals surface area (Å²) in [5.41, 5.74) is 7.55. The molecular weight excluding hydrogens is 428 g/mol. The molecule has 0 amide bonds. The highest BCUT2D eigenvalue weighted by molar-refractivity contribution is 7.99. The number of nitrogens with one attached hydrogen (secondary N) is 1. The number of amidine groups is 1. The summed E-state index contributed by atoms with van der Waals surface area (Å²) in [4.78, 5) is 14.0. The number of hydrogen-bond donors (Lipinski definition) is 2. The third-order valence-electron chi connectivity index (χ3n) is 4.73. The van der Waals surface area contributed by atoms with Crippen molar-refractivity contribution in [2.75, 3.05) is 13.6 Å². The molecule has 0 radical (unpaired) electrons. The van der Waals surface area contributed by atoms with Crippen LogP contribution in [-0.2, 0) is 6.54 Å². The minimum atomic E-state index is 0.338. The molecule has 2 aromatic rings. The summed E-state index contributed by atoms with van der Waals surface area (Å²) in [5.74, 6) is 8.04. The molecule has 0 bridgehead atoms. The van der Waals surface area contributed by atoms with Crippen molar-refractivity contribution in [1.82, 2.24) is 14.9 Å². The number of benzene rings is 1. The monoisotopic (exact) mass is 456 g/mol. The van der Waals surface area contributed by atoms with Crippen molar-refractivity contribution < 1.29 is 0 Å². The average molecular weight is 457 g/mol. The predicted molar refractivity (Wildman–Crippen MR) is 131 cm³/mol. The Labute approximate surface area is 193 Å². The Hall–Kier alpha value is -2.27. The Morgan fingerprint density at radius 3 is 2.84 bits per heavy atom. The van der Waals surface area contributed by atoms with E-state index in [0.717, 1.165) is 35.1 Å². The van der Waals surface area contributed by atoms with Gasteiger partial charge in [-0.2, -0.15) is 0 Å². The van der Waals surface area contributed by atoms with Gasteiger partial charge in [-0.3, -0.25) is 4.99 Å². The van der Waals surface area contributed by atoms with Crippen molar-refractivity contribution in [3.63, 3.8) is 0 Å². The van der Waals surface area contributed by atoms with Crippen LogP contribution in [0.25, 0.3) is 0 Å². The molecule has 3 N–H and O–H groups in total. The fourth-order valence-corrected chi connectivity index (χ4v) is 4.29. The van der Waals surface area contributed by atoms with Gasteiger partial charge in [0.1, 0.15) is 5.84 Å². The lowest BCUT2D eigenvalue weighted by Gasteiger charge is -2.12. The third kappa shape index (κ3) is 6.60. The number of aliphatic imine (C=N–C) groups is 2. The van der Waals surface area contributed by atoms with Gasteiger partial charge in [0.05, 0.1) is 0 Å². The molecule has 1 fully saturated rings. The van der Waals surface area contributed by atoms with Crippen LogP contribution in [0.2, 0.25) is 5.02 Å². The first-order valence-corrected chi connectivity index (χ1v) is 11.6. The number of hydrogen-bond acceptors (Lipinski definition) is 5. The quantitative estimate of drug-likeness (QED) is 0.252. The fourth-order valence-electron chi connectivity index (χ4n) is 2.98. The Balaban J connectivity index is 1.90. The maximum absolute atomic E-state index is 6.37. The normalized spacial score (nSPS) is 13.9. The summed E-state index contributed by atoms with van der Waals surface area (Å²) in [5, 5.41) is 4.87. The van der Waals surface area contributed by atoms with Gasteiger partial charge in [-0.1, -0.05) is 49.1 Å². The SMILES string of the molecule is C=Nc1c(/C(N)=N\C)nc(Sc2cc(Cl)cc(C#CC3CC3)c2)n1CCCNC(C)C. The smallest absolute Gasteiger partial charge is 0.175 e. The van der Waals surface area contributed by atoms with E-state index in [2.05, 4.69) is 47.7 Å². The average Bonchev–Trinajstić information content (AvgIpc) is 3.50. The lowest BCUT2D eigenvalue weighted by Crippen LogP contribution is -2.24. The van der Waals surface area contributed by atoms with E-state index < -0.39 is 0 Å². The van der Waals surface area contributed by atoms with E-state index in [1.807, 2.05) is 22.8 Å². The first-order chi connectivity index (χ1) is 14.9. The molecule has 0 aliphatic heterocycles. The van der Waals surface area contributed by atoms with Crippen molar-refractivity contribution in [2.45, 2.75) is 55.7 Å². The van der Waals surface area contributed by atoms with E-state index in [1.165, 1.54) is 24.6 Å². The molecule has 1 heterocycles. The molecule has 1 aromatic heterocycles. The lowest BCUT2D eigenvalue weighted by molar-refractivity contribution is 0.522. The minimum absolute atomic E-state index is 0.338. The van der Waals surface area contributed by atoms with Crippen LogP contribution in [0.3, 0.4) is 0 Å². The first-order valence-electron chi connectivity index (χ1n) is 10.4. The molecule has 0 saturated heterocycles. The van der Waals surface area contributed by atoms with Crippen LogP contribution in [-0.4, -0.2) is 41.7 Å². The van der Waals surface area contributed by atoms with E-state index >= 15 is 0 Å². The number of halogens is 1. The molecule has 1 aliphatic carbocycles. The zero-order chi connectivity index (χ0) is 22.4. The van der Waals surface area contributed by atoms with Crippen LogP contribution >= 0.6 is 23.4 Å². The van der Waals surface area contributed by atoms with Crippen LogP contribution in [0.4, 0.5) is 5.82 Å². The predicted octanol–water partition coefficient (Wildman–Crippen LogP) is 4.50. The molecule has 0 atom stereocenters. The summed E-state index contributed by atoms with van der Waals surface area (Å²) >= 11 is 7.89. The topological polar surface area (TPSA) is 80.6 Å². The number of rotatable bonds is 9. The first kappa shape index (κ1) is 23.4. The summed E-state index contributed by atoms with van der Waals surface area (Å²) in [6.07, 6.45) is 3.30. The van der Waals surface area contributed by atoms with E-state index in [1.54, 1.807) is 7.05 Å². The van der Waals surface area contributed by atoms with Gasteiger partial charge < -0.3 is 15.6 Å². The standard InChI is InChI=1S/C23H29ClN6S/c1-15(2)28-10-5-11-30-22(27-4)20(21(25)26-3)29-23(30)31-19-13-17(12-18(24)14-19)9-8-16-6-7-16/h12-16,28H,4-7,10-11H2,1-3H3,(H2,25,26). The lowest BCUT2D eigenvalue weighted by atomic mass is 10.2. The van der Waals surface area contributed by atoms with Crippen LogP contribution in [0.5, 0.6) is 0 Å². The second-order valence-corrected chi connectivity index (χ2v) is 9.25. The molecule has 6 nitrogen and oxygen atoms in total. The molecule has 3 rings (SSSR count).